The van der Waals surface area contributed by atoms with E-state index >= 15 is 0 Å². The van der Waals surface area contributed by atoms with Crippen LogP contribution < -0.4 is 0 Å². The van der Waals surface area contributed by atoms with Crippen LogP contribution >= 0.6 is 15.9 Å². The van der Waals surface area contributed by atoms with Gasteiger partial charge in [0, 0.05) is 16.8 Å². The molecule has 1 rings (SSSR count). The van der Waals surface area contributed by atoms with E-state index in [9.17, 15) is 4.79 Å². The maximum Gasteiger partial charge on any atom is 0.166 e. The third kappa shape index (κ3) is 2.66. The van der Waals surface area contributed by atoms with Crippen molar-refractivity contribution in [2.24, 2.45) is 5.92 Å². The monoisotopic (exact) mass is 240 g/mol. The molecular weight excluding hydrogens is 228 g/mol. The predicted octanol–water partition coefficient (Wildman–Crippen LogP) is 3.29. The summed E-state index contributed by atoms with van der Waals surface area (Å²) in [6.07, 6.45) is 0.888. The Morgan fingerprint density at radius 1 is 1.38 bits per heavy atom. The van der Waals surface area contributed by atoms with E-state index < -0.39 is 0 Å². The van der Waals surface area contributed by atoms with Gasteiger partial charge < -0.3 is 0 Å². The molecule has 1 aromatic rings. The Morgan fingerprint density at radius 3 is 2.46 bits per heavy atom. The molecule has 13 heavy (non-hydrogen) atoms. The SMILES string of the molecule is CCC(CBr)C(=O)c1ccccc1. The zero-order valence-electron chi connectivity index (χ0n) is 7.66. The molecule has 70 valence electrons. The molecule has 1 nitrogen and oxygen atoms in total. The van der Waals surface area contributed by atoms with Gasteiger partial charge in [0.1, 0.15) is 0 Å². The number of Topliss-reactive ketones (excluding diaryl/α,β-unsaturated/α-hetero) is 1. The molecule has 0 aromatic heterocycles. The minimum absolute atomic E-state index is 0.113. The molecule has 0 spiro atoms. The Balaban J connectivity index is 2.78. The molecule has 0 saturated carbocycles. The summed E-state index contributed by atoms with van der Waals surface area (Å²) in [6, 6.07) is 9.45. The smallest absolute Gasteiger partial charge is 0.166 e. The van der Waals surface area contributed by atoms with Crippen LogP contribution in [0, 0.1) is 5.92 Å². The number of hydrogen-bond donors (Lipinski definition) is 0. The second-order valence-electron chi connectivity index (χ2n) is 2.99. The van der Waals surface area contributed by atoms with Gasteiger partial charge in [-0.15, -0.1) is 0 Å². The van der Waals surface area contributed by atoms with Gasteiger partial charge in [-0.25, -0.2) is 0 Å². The summed E-state index contributed by atoms with van der Waals surface area (Å²) in [5.74, 6) is 0.349. The molecular formula is C11H13BrO. The van der Waals surface area contributed by atoms with Gasteiger partial charge in [0.2, 0.25) is 0 Å². The van der Waals surface area contributed by atoms with Gasteiger partial charge in [0.05, 0.1) is 0 Å². The number of benzene rings is 1. The highest BCUT2D eigenvalue weighted by Crippen LogP contribution is 2.14. The van der Waals surface area contributed by atoms with Gasteiger partial charge in [-0.1, -0.05) is 53.2 Å². The molecule has 0 aliphatic carbocycles. The van der Waals surface area contributed by atoms with Crippen LogP contribution in [0.15, 0.2) is 30.3 Å². The molecule has 0 aliphatic heterocycles. The number of rotatable bonds is 4. The van der Waals surface area contributed by atoms with Crippen molar-refractivity contribution in [2.75, 3.05) is 5.33 Å². The molecule has 0 fully saturated rings. The van der Waals surface area contributed by atoms with Crippen LogP contribution in [-0.4, -0.2) is 11.1 Å². The molecule has 0 heterocycles. The fourth-order valence-corrected chi connectivity index (χ4v) is 1.95. The maximum absolute atomic E-state index is 11.8. The lowest BCUT2D eigenvalue weighted by atomic mass is 9.97. The number of halogens is 1. The molecule has 1 atom stereocenters. The topological polar surface area (TPSA) is 17.1 Å². The van der Waals surface area contributed by atoms with E-state index in [0.717, 1.165) is 17.3 Å². The van der Waals surface area contributed by atoms with Gasteiger partial charge in [-0.2, -0.15) is 0 Å². The quantitative estimate of drug-likeness (QED) is 0.584. The van der Waals surface area contributed by atoms with Crippen molar-refractivity contribution >= 4 is 21.7 Å². The normalized spacial score (nSPS) is 12.5. The van der Waals surface area contributed by atoms with Gasteiger partial charge in [0.15, 0.2) is 5.78 Å². The van der Waals surface area contributed by atoms with Crippen molar-refractivity contribution in [1.29, 1.82) is 0 Å². The molecule has 0 bridgehead atoms. The number of hydrogen-bond acceptors (Lipinski definition) is 1. The Morgan fingerprint density at radius 2 is 2.00 bits per heavy atom. The van der Waals surface area contributed by atoms with Gasteiger partial charge in [-0.05, 0) is 6.42 Å². The number of carbonyl (C=O) groups is 1. The molecule has 0 N–H and O–H groups in total. The Labute approximate surface area is 87.3 Å². The van der Waals surface area contributed by atoms with Crippen molar-refractivity contribution in [3.05, 3.63) is 35.9 Å². The molecule has 0 radical (unpaired) electrons. The van der Waals surface area contributed by atoms with E-state index in [2.05, 4.69) is 15.9 Å². The van der Waals surface area contributed by atoms with Crippen molar-refractivity contribution in [3.8, 4) is 0 Å². The highest BCUT2D eigenvalue weighted by atomic mass is 79.9. The van der Waals surface area contributed by atoms with Gasteiger partial charge in [0.25, 0.3) is 0 Å². The average molecular weight is 241 g/mol. The summed E-state index contributed by atoms with van der Waals surface area (Å²) >= 11 is 3.35. The molecule has 1 unspecified atom stereocenters. The lowest BCUT2D eigenvalue weighted by molar-refractivity contribution is 0.0931. The van der Waals surface area contributed by atoms with E-state index in [0.29, 0.717) is 0 Å². The second-order valence-corrected chi connectivity index (χ2v) is 3.64. The number of carbonyl (C=O) groups excluding carboxylic acids is 1. The lowest BCUT2D eigenvalue weighted by Crippen LogP contribution is -2.14. The summed E-state index contributed by atoms with van der Waals surface area (Å²) in [5, 5.41) is 0.747. The van der Waals surface area contributed by atoms with E-state index in [1.54, 1.807) is 0 Å². The fraction of sp³-hybridized carbons (Fsp3) is 0.364. The van der Waals surface area contributed by atoms with Gasteiger partial charge in [-0.3, -0.25) is 4.79 Å². The van der Waals surface area contributed by atoms with Crippen molar-refractivity contribution < 1.29 is 4.79 Å². The highest BCUT2D eigenvalue weighted by Gasteiger charge is 2.15. The standard InChI is InChI=1S/C11H13BrO/c1-2-9(8-12)11(13)10-6-4-3-5-7-10/h3-7,9H,2,8H2,1H3. The molecule has 0 saturated heterocycles. The van der Waals surface area contributed by atoms with Crippen molar-refractivity contribution in [3.63, 3.8) is 0 Å². The van der Waals surface area contributed by atoms with E-state index in [-0.39, 0.29) is 11.7 Å². The van der Waals surface area contributed by atoms with Crippen LogP contribution in [0.5, 0.6) is 0 Å². The van der Waals surface area contributed by atoms with E-state index in [1.165, 1.54) is 0 Å². The third-order valence-corrected chi connectivity index (χ3v) is 2.89. The van der Waals surface area contributed by atoms with E-state index in [4.69, 9.17) is 0 Å². The molecule has 0 aliphatic rings. The zero-order chi connectivity index (χ0) is 9.68. The summed E-state index contributed by atoms with van der Waals surface area (Å²) in [4.78, 5) is 11.8. The van der Waals surface area contributed by atoms with Crippen LogP contribution in [0.4, 0.5) is 0 Å². The minimum atomic E-state index is 0.113. The third-order valence-electron chi connectivity index (χ3n) is 2.11. The molecule has 2 heteroatoms. The highest BCUT2D eigenvalue weighted by molar-refractivity contribution is 9.09. The van der Waals surface area contributed by atoms with Crippen molar-refractivity contribution in [1.82, 2.24) is 0 Å². The van der Waals surface area contributed by atoms with Gasteiger partial charge >= 0.3 is 0 Å². The lowest BCUT2D eigenvalue weighted by Gasteiger charge is -2.09. The first-order valence-corrected chi connectivity index (χ1v) is 5.57. The zero-order valence-corrected chi connectivity index (χ0v) is 9.25. The second kappa shape index (κ2) is 5.18. The first kappa shape index (κ1) is 10.5. The Kier molecular flexibility index (Phi) is 4.16. The average Bonchev–Trinajstić information content (AvgIpc) is 2.21. The predicted molar refractivity (Wildman–Crippen MR) is 58.3 cm³/mol. The summed E-state index contributed by atoms with van der Waals surface area (Å²) in [7, 11) is 0. The Hall–Kier alpha value is -0.630. The van der Waals surface area contributed by atoms with Crippen LogP contribution in [0.1, 0.15) is 23.7 Å². The van der Waals surface area contributed by atoms with E-state index in [1.807, 2.05) is 37.3 Å². The van der Waals surface area contributed by atoms with Crippen LogP contribution in [0.25, 0.3) is 0 Å². The number of ketones is 1. The number of alkyl halides is 1. The summed E-state index contributed by atoms with van der Waals surface area (Å²) < 4.78 is 0. The van der Waals surface area contributed by atoms with Crippen LogP contribution in [0.2, 0.25) is 0 Å². The molecule has 1 aromatic carbocycles. The summed E-state index contributed by atoms with van der Waals surface area (Å²) in [6.45, 7) is 2.03. The fourth-order valence-electron chi connectivity index (χ4n) is 1.20. The Bertz CT molecular complexity index is 265. The first-order chi connectivity index (χ1) is 6.29. The van der Waals surface area contributed by atoms with Crippen molar-refractivity contribution in [2.45, 2.75) is 13.3 Å². The summed E-state index contributed by atoms with van der Waals surface area (Å²) in [5.41, 5.74) is 0.814. The maximum atomic E-state index is 11.8. The van der Waals surface area contributed by atoms with Crippen LogP contribution in [0.3, 0.4) is 0 Å². The minimum Gasteiger partial charge on any atom is -0.294 e. The molecule has 0 amide bonds. The van der Waals surface area contributed by atoms with Crippen LogP contribution in [-0.2, 0) is 0 Å². The first-order valence-electron chi connectivity index (χ1n) is 4.44. The largest absolute Gasteiger partial charge is 0.294 e.